The van der Waals surface area contributed by atoms with E-state index in [1.54, 1.807) is 9.03 Å². The van der Waals surface area contributed by atoms with Crippen molar-refractivity contribution in [1.29, 1.82) is 0 Å². The number of aromatic nitrogens is 6. The maximum absolute atomic E-state index is 6.09. The molecule has 0 aliphatic carbocycles. The van der Waals surface area contributed by atoms with Gasteiger partial charge >= 0.3 is 7.12 Å². The topological polar surface area (TPSA) is 156 Å². The number of halogens is 1. The van der Waals surface area contributed by atoms with Crippen molar-refractivity contribution in [2.45, 2.75) is 52.0 Å². The molecule has 0 atom stereocenters. The van der Waals surface area contributed by atoms with Gasteiger partial charge in [0.1, 0.15) is 4.60 Å². The molecule has 0 saturated carbocycles. The molecule has 0 radical (unpaired) electrons. The number of pyridine rings is 2. The first-order valence-corrected chi connectivity index (χ1v) is 19.8. The predicted molar refractivity (Wildman–Crippen MR) is 222 cm³/mol. The lowest BCUT2D eigenvalue weighted by molar-refractivity contribution is 0.00578. The van der Waals surface area contributed by atoms with E-state index in [0.29, 0.717) is 5.95 Å². The molecular weight excluding hydrogens is 775 g/mol. The quantitative estimate of drug-likeness (QED) is 0.177. The van der Waals surface area contributed by atoms with Gasteiger partial charge in [-0.25, -0.2) is 9.03 Å². The molecule has 14 nitrogen and oxygen atoms in total. The number of anilines is 2. The lowest BCUT2D eigenvalue weighted by Gasteiger charge is -2.32. The summed E-state index contributed by atoms with van der Waals surface area (Å²) in [5.74, 6) is 0.582. The van der Waals surface area contributed by atoms with Crippen molar-refractivity contribution in [3.63, 3.8) is 0 Å². The van der Waals surface area contributed by atoms with E-state index in [4.69, 9.17) is 30.2 Å². The van der Waals surface area contributed by atoms with Gasteiger partial charge in [0.2, 0.25) is 11.9 Å². The third-order valence-electron chi connectivity index (χ3n) is 10.5. The van der Waals surface area contributed by atoms with Gasteiger partial charge in [-0.1, -0.05) is 60.7 Å². The average Bonchev–Trinajstić information content (AvgIpc) is 3.84. The van der Waals surface area contributed by atoms with E-state index in [1.807, 2.05) is 36.4 Å². The molecule has 3 fully saturated rings. The lowest BCUT2D eigenvalue weighted by Crippen LogP contribution is -2.41. The van der Waals surface area contributed by atoms with Crippen molar-refractivity contribution in [2.24, 2.45) is 0 Å². The van der Waals surface area contributed by atoms with Crippen LogP contribution in [0.5, 0.6) is 0 Å². The number of nitrogen functional groups attached to an aromatic ring is 2. The fraction of sp³-hybridized carbons (Fsp3) is 0.400. The van der Waals surface area contributed by atoms with Crippen LogP contribution in [-0.4, -0.2) is 110 Å². The van der Waals surface area contributed by atoms with E-state index >= 15 is 0 Å². The first-order chi connectivity index (χ1) is 26.9. The Kier molecular flexibility index (Phi) is 12.4. The molecule has 0 spiro atoms. The Labute approximate surface area is 336 Å². The van der Waals surface area contributed by atoms with Crippen LogP contribution >= 0.6 is 15.9 Å². The highest BCUT2D eigenvalue weighted by molar-refractivity contribution is 9.10. The van der Waals surface area contributed by atoms with Gasteiger partial charge in [-0.3, -0.25) is 9.80 Å². The van der Waals surface area contributed by atoms with Gasteiger partial charge < -0.3 is 30.2 Å². The molecule has 56 heavy (non-hydrogen) atoms. The minimum atomic E-state index is -0.288. The molecule has 2 aromatic carbocycles. The molecule has 3 aliphatic rings. The standard InChI is InChI=1S/C17H26BNO3.C17H19N5O.C6H5BrN4/c1-16(2)17(3,4)22-18(21-16)15-7-5-14(6-8-15)13-19-9-11-20-12-10-19;18-17-19-16-3-1-2-15(22(16)20-17)14-6-4-13(5-7-14)12-21-8-10-23-11-9-21;7-4-2-1-3-5-9-6(8)10-11(4)5/h5-8H,9-13H2,1-4H3;1-7H,8-12H2,(H2,18,20);1-3H,(H2,8,10). The predicted octanol–water partition coefficient (Wildman–Crippen LogP) is 4.70. The summed E-state index contributed by atoms with van der Waals surface area (Å²) < 4.78 is 27.2. The third-order valence-corrected chi connectivity index (χ3v) is 11.1. The lowest BCUT2D eigenvalue weighted by atomic mass is 9.79. The number of nitrogens with two attached hydrogens (primary N) is 2. The summed E-state index contributed by atoms with van der Waals surface area (Å²) in [6.07, 6.45) is 0. The zero-order valence-corrected chi connectivity index (χ0v) is 34.1. The molecule has 0 amide bonds. The molecule has 6 aromatic rings. The van der Waals surface area contributed by atoms with E-state index in [0.717, 1.165) is 98.3 Å². The van der Waals surface area contributed by atoms with E-state index in [1.165, 1.54) is 11.1 Å². The van der Waals surface area contributed by atoms with Gasteiger partial charge in [0.15, 0.2) is 11.3 Å². The molecule has 294 valence electrons. The Morgan fingerprint density at radius 1 is 0.625 bits per heavy atom. The Hall–Kier alpha value is -4.42. The van der Waals surface area contributed by atoms with Crippen molar-refractivity contribution in [3.05, 3.63) is 101 Å². The summed E-state index contributed by atoms with van der Waals surface area (Å²) in [5.41, 5.74) is 17.8. The van der Waals surface area contributed by atoms with Gasteiger partial charge in [0.05, 0.1) is 43.3 Å². The molecule has 3 saturated heterocycles. The fourth-order valence-electron chi connectivity index (χ4n) is 6.61. The fourth-order valence-corrected chi connectivity index (χ4v) is 7.02. The molecule has 0 unspecified atom stereocenters. The van der Waals surface area contributed by atoms with Gasteiger partial charge in [-0.15, -0.1) is 10.2 Å². The van der Waals surface area contributed by atoms with E-state index < -0.39 is 0 Å². The Morgan fingerprint density at radius 2 is 1.09 bits per heavy atom. The number of rotatable bonds is 6. The number of hydrogen-bond donors (Lipinski definition) is 2. The first-order valence-electron chi connectivity index (χ1n) is 19.0. The van der Waals surface area contributed by atoms with Crippen molar-refractivity contribution in [2.75, 3.05) is 64.1 Å². The molecule has 9 rings (SSSR count). The van der Waals surface area contributed by atoms with Gasteiger partial charge in [0, 0.05) is 44.8 Å². The summed E-state index contributed by atoms with van der Waals surface area (Å²) >= 11 is 3.32. The SMILES string of the molecule is CC1(C)OB(c2ccc(CN3CCOCC3)cc2)OC1(C)C.Nc1nc2cccc(-c3ccc(CN4CCOCC4)cc3)n2n1.Nc1nc2cccc(Br)n2n1. The van der Waals surface area contributed by atoms with Crippen LogP contribution in [0.4, 0.5) is 11.9 Å². The first kappa shape index (κ1) is 39.8. The Morgan fingerprint density at radius 3 is 1.61 bits per heavy atom. The van der Waals surface area contributed by atoms with Crippen LogP contribution in [0.1, 0.15) is 38.8 Å². The number of ether oxygens (including phenoxy) is 2. The Bertz CT molecular complexity index is 2190. The third kappa shape index (κ3) is 9.57. The van der Waals surface area contributed by atoms with Crippen LogP contribution in [0.25, 0.3) is 22.6 Å². The van der Waals surface area contributed by atoms with Crippen molar-refractivity contribution in [1.82, 2.24) is 39.0 Å². The summed E-state index contributed by atoms with van der Waals surface area (Å²) in [5, 5.41) is 8.22. The van der Waals surface area contributed by atoms with Crippen molar-refractivity contribution < 1.29 is 18.8 Å². The van der Waals surface area contributed by atoms with E-state index in [2.05, 4.69) is 122 Å². The van der Waals surface area contributed by atoms with Gasteiger partial charge in [-0.05, 0) is 84.5 Å². The van der Waals surface area contributed by atoms with Crippen LogP contribution in [0, 0.1) is 0 Å². The smallest absolute Gasteiger partial charge is 0.399 e. The number of fused-ring (bicyclic) bond motifs is 2. The second-order valence-corrected chi connectivity index (χ2v) is 15.9. The molecular formula is C40H50BBrN10O4. The Balaban J connectivity index is 0.000000136. The number of nitrogens with zero attached hydrogens (tertiary/aromatic N) is 8. The minimum Gasteiger partial charge on any atom is -0.399 e. The highest BCUT2D eigenvalue weighted by Gasteiger charge is 2.51. The van der Waals surface area contributed by atoms with E-state index in [9.17, 15) is 0 Å². The number of benzene rings is 2. The van der Waals surface area contributed by atoms with Crippen molar-refractivity contribution >= 4 is 51.7 Å². The number of hydrogen-bond acceptors (Lipinski definition) is 12. The highest BCUT2D eigenvalue weighted by atomic mass is 79.9. The molecule has 16 heteroatoms. The van der Waals surface area contributed by atoms with Crippen LogP contribution < -0.4 is 16.9 Å². The average molecular weight is 826 g/mol. The van der Waals surface area contributed by atoms with Crippen LogP contribution in [0.2, 0.25) is 0 Å². The summed E-state index contributed by atoms with van der Waals surface area (Å²) in [6.45, 7) is 17.6. The maximum atomic E-state index is 6.09. The van der Waals surface area contributed by atoms with Crippen LogP contribution in [-0.2, 0) is 31.9 Å². The van der Waals surface area contributed by atoms with E-state index in [-0.39, 0.29) is 24.3 Å². The summed E-state index contributed by atoms with van der Waals surface area (Å²) in [7, 11) is -0.276. The second-order valence-electron chi connectivity index (χ2n) is 15.0. The molecule has 4 aromatic heterocycles. The number of morpholine rings is 2. The zero-order chi connectivity index (χ0) is 39.3. The van der Waals surface area contributed by atoms with Crippen LogP contribution in [0.3, 0.4) is 0 Å². The molecule has 4 N–H and O–H groups in total. The molecule has 7 heterocycles. The van der Waals surface area contributed by atoms with Gasteiger partial charge in [-0.2, -0.15) is 9.97 Å². The summed E-state index contributed by atoms with van der Waals surface area (Å²) in [4.78, 5) is 13.0. The zero-order valence-electron chi connectivity index (χ0n) is 32.5. The minimum absolute atomic E-state index is 0.276. The van der Waals surface area contributed by atoms with Gasteiger partial charge in [0.25, 0.3) is 0 Å². The largest absolute Gasteiger partial charge is 0.494 e. The normalized spacial score (nSPS) is 18.3. The molecule has 3 aliphatic heterocycles. The maximum Gasteiger partial charge on any atom is 0.494 e. The van der Waals surface area contributed by atoms with Crippen molar-refractivity contribution in [3.8, 4) is 11.3 Å². The molecule has 0 bridgehead atoms. The second kappa shape index (κ2) is 17.4. The monoisotopic (exact) mass is 824 g/mol. The highest BCUT2D eigenvalue weighted by Crippen LogP contribution is 2.36. The van der Waals surface area contributed by atoms with Crippen LogP contribution in [0.15, 0.2) is 89.5 Å². The summed E-state index contributed by atoms with van der Waals surface area (Å²) in [6, 6.07) is 28.7.